The summed E-state index contributed by atoms with van der Waals surface area (Å²) in [6.07, 6.45) is 3.53. The average molecular weight is 485 g/mol. The van der Waals surface area contributed by atoms with Crippen LogP contribution in [0.2, 0.25) is 5.02 Å². The van der Waals surface area contributed by atoms with E-state index >= 15 is 0 Å². The van der Waals surface area contributed by atoms with Gasteiger partial charge in [-0.05, 0) is 49.2 Å². The Hall–Kier alpha value is -3.37. The van der Waals surface area contributed by atoms with Crippen LogP contribution in [-0.4, -0.2) is 44.3 Å². The van der Waals surface area contributed by atoms with E-state index in [1.807, 2.05) is 0 Å². The van der Waals surface area contributed by atoms with Crippen molar-refractivity contribution in [2.24, 2.45) is 7.05 Å². The van der Waals surface area contributed by atoms with Crippen LogP contribution in [0.25, 0.3) is 0 Å². The summed E-state index contributed by atoms with van der Waals surface area (Å²) < 4.78 is 1.72. The molecule has 1 aliphatic rings. The van der Waals surface area contributed by atoms with Crippen LogP contribution >= 0.6 is 23.4 Å². The number of anilines is 2. The van der Waals surface area contributed by atoms with Crippen molar-refractivity contribution < 1.29 is 14.4 Å². The van der Waals surface area contributed by atoms with Crippen molar-refractivity contribution in [3.63, 3.8) is 0 Å². The largest absolute Gasteiger partial charge is 0.349 e. The van der Waals surface area contributed by atoms with E-state index in [-0.39, 0.29) is 34.5 Å². The van der Waals surface area contributed by atoms with Crippen molar-refractivity contribution in [2.45, 2.75) is 24.0 Å². The Morgan fingerprint density at radius 2 is 1.88 bits per heavy atom. The number of benzene rings is 2. The van der Waals surface area contributed by atoms with E-state index in [9.17, 15) is 14.4 Å². The predicted octanol–water partition coefficient (Wildman–Crippen LogP) is 3.34. The van der Waals surface area contributed by atoms with E-state index in [1.165, 1.54) is 17.8 Å². The van der Waals surface area contributed by atoms with Crippen molar-refractivity contribution in [2.75, 3.05) is 16.4 Å². The predicted molar refractivity (Wildman–Crippen MR) is 127 cm³/mol. The van der Waals surface area contributed by atoms with Crippen molar-refractivity contribution in [1.82, 2.24) is 20.1 Å². The minimum atomic E-state index is -0.370. The number of nitrogens with zero attached hydrogens (tertiary/aromatic N) is 3. The number of amides is 3. The Balaban J connectivity index is 1.35. The second-order valence-electron chi connectivity index (χ2n) is 7.54. The summed E-state index contributed by atoms with van der Waals surface area (Å²) in [5.74, 6) is -0.665. The zero-order valence-electron chi connectivity index (χ0n) is 17.7. The fourth-order valence-electron chi connectivity index (χ4n) is 2.94. The number of hydrogen-bond acceptors (Lipinski definition) is 6. The number of rotatable bonds is 8. The lowest BCUT2D eigenvalue weighted by molar-refractivity contribution is -0.113. The molecule has 170 valence electrons. The van der Waals surface area contributed by atoms with Crippen molar-refractivity contribution >= 4 is 52.5 Å². The number of aromatic nitrogens is 3. The van der Waals surface area contributed by atoms with Gasteiger partial charge in [0, 0.05) is 30.0 Å². The molecule has 1 saturated carbocycles. The fourth-order valence-corrected chi connectivity index (χ4v) is 3.89. The molecule has 0 saturated heterocycles. The first-order chi connectivity index (χ1) is 15.9. The molecule has 0 unspecified atom stereocenters. The lowest BCUT2D eigenvalue weighted by atomic mass is 10.1. The molecule has 2 aromatic carbocycles. The maximum atomic E-state index is 12.7. The SMILES string of the molecule is Cn1cnnc1SCC(=O)Nc1cccc(C(=O)Nc2ccc(C(=O)NC3CC3)c(Cl)c2)c1. The summed E-state index contributed by atoms with van der Waals surface area (Å²) in [7, 11) is 1.80. The minimum absolute atomic E-state index is 0.155. The smallest absolute Gasteiger partial charge is 0.255 e. The molecule has 3 aromatic rings. The van der Waals surface area contributed by atoms with Crippen molar-refractivity contribution in [1.29, 1.82) is 0 Å². The lowest BCUT2D eigenvalue weighted by Gasteiger charge is -2.10. The second-order valence-corrected chi connectivity index (χ2v) is 8.89. The molecule has 0 bridgehead atoms. The summed E-state index contributed by atoms with van der Waals surface area (Å²) >= 11 is 7.51. The van der Waals surface area contributed by atoms with Gasteiger partial charge in [-0.2, -0.15) is 0 Å². The summed E-state index contributed by atoms with van der Waals surface area (Å²) in [5.41, 5.74) is 1.68. The monoisotopic (exact) mass is 484 g/mol. The van der Waals surface area contributed by atoms with E-state index in [2.05, 4.69) is 26.1 Å². The Morgan fingerprint density at radius 1 is 1.09 bits per heavy atom. The highest BCUT2D eigenvalue weighted by Crippen LogP contribution is 2.24. The molecule has 1 fully saturated rings. The van der Waals surface area contributed by atoms with Gasteiger partial charge < -0.3 is 20.5 Å². The second kappa shape index (κ2) is 10.1. The Bertz CT molecular complexity index is 1210. The van der Waals surface area contributed by atoms with E-state index in [0.717, 1.165) is 12.8 Å². The van der Waals surface area contributed by atoms with E-state index < -0.39 is 0 Å². The molecule has 3 N–H and O–H groups in total. The summed E-state index contributed by atoms with van der Waals surface area (Å²) in [4.78, 5) is 37.1. The number of carbonyl (C=O) groups is 3. The van der Waals surface area contributed by atoms with E-state index in [0.29, 0.717) is 27.7 Å². The highest BCUT2D eigenvalue weighted by Gasteiger charge is 2.24. The topological polar surface area (TPSA) is 118 Å². The molecule has 0 spiro atoms. The summed E-state index contributed by atoms with van der Waals surface area (Å²) in [5, 5.41) is 17.0. The molecule has 11 heteroatoms. The van der Waals surface area contributed by atoms with Gasteiger partial charge in [-0.3, -0.25) is 14.4 Å². The van der Waals surface area contributed by atoms with Crippen molar-refractivity contribution in [3.05, 3.63) is 64.9 Å². The number of carbonyl (C=O) groups excluding carboxylic acids is 3. The Morgan fingerprint density at radius 3 is 2.58 bits per heavy atom. The number of hydrogen-bond donors (Lipinski definition) is 3. The van der Waals surface area contributed by atoms with Crippen LogP contribution < -0.4 is 16.0 Å². The van der Waals surface area contributed by atoms with Crippen LogP contribution in [-0.2, 0) is 11.8 Å². The number of thioether (sulfide) groups is 1. The lowest BCUT2D eigenvalue weighted by Crippen LogP contribution is -2.25. The molecular formula is C22H21ClN6O3S. The van der Waals surface area contributed by atoms with Gasteiger partial charge in [0.2, 0.25) is 5.91 Å². The minimum Gasteiger partial charge on any atom is -0.349 e. The first kappa shape index (κ1) is 22.8. The number of halogens is 1. The maximum absolute atomic E-state index is 12.7. The maximum Gasteiger partial charge on any atom is 0.255 e. The van der Waals surface area contributed by atoms with Gasteiger partial charge >= 0.3 is 0 Å². The van der Waals surface area contributed by atoms with Gasteiger partial charge in [0.1, 0.15) is 6.33 Å². The average Bonchev–Trinajstić information content (AvgIpc) is 3.50. The Labute approximate surface area is 199 Å². The molecule has 0 aliphatic heterocycles. The molecule has 1 heterocycles. The molecule has 0 radical (unpaired) electrons. The molecule has 4 rings (SSSR count). The zero-order chi connectivity index (χ0) is 23.4. The molecule has 0 atom stereocenters. The first-order valence-electron chi connectivity index (χ1n) is 10.2. The third-order valence-electron chi connectivity index (χ3n) is 4.79. The van der Waals surface area contributed by atoms with E-state index in [4.69, 9.17) is 11.6 Å². The molecule has 3 amide bonds. The van der Waals surface area contributed by atoms with Crippen LogP contribution in [0.1, 0.15) is 33.6 Å². The zero-order valence-corrected chi connectivity index (χ0v) is 19.2. The number of nitrogens with one attached hydrogen (secondary N) is 3. The van der Waals surface area contributed by atoms with E-state index in [1.54, 1.807) is 54.3 Å². The Kier molecular flexibility index (Phi) is 6.95. The van der Waals surface area contributed by atoms with Gasteiger partial charge in [-0.1, -0.05) is 29.4 Å². The van der Waals surface area contributed by atoms with Gasteiger partial charge in [-0.25, -0.2) is 0 Å². The highest BCUT2D eigenvalue weighted by atomic mass is 35.5. The third-order valence-corrected chi connectivity index (χ3v) is 6.14. The van der Waals surface area contributed by atoms with Gasteiger partial charge in [0.05, 0.1) is 16.3 Å². The molecule has 9 nitrogen and oxygen atoms in total. The fraction of sp³-hybridized carbons (Fsp3) is 0.227. The van der Waals surface area contributed by atoms with Crippen molar-refractivity contribution in [3.8, 4) is 0 Å². The first-order valence-corrected chi connectivity index (χ1v) is 11.5. The summed E-state index contributed by atoms with van der Waals surface area (Å²) in [6.45, 7) is 0. The van der Waals surface area contributed by atoms with Crippen LogP contribution in [0.4, 0.5) is 11.4 Å². The van der Waals surface area contributed by atoms with Crippen LogP contribution in [0, 0.1) is 0 Å². The molecular weight excluding hydrogens is 464 g/mol. The van der Waals surface area contributed by atoms with Gasteiger partial charge in [-0.15, -0.1) is 10.2 Å². The van der Waals surface area contributed by atoms with Crippen LogP contribution in [0.15, 0.2) is 53.9 Å². The molecule has 1 aromatic heterocycles. The van der Waals surface area contributed by atoms with Crippen LogP contribution in [0.5, 0.6) is 0 Å². The normalized spacial score (nSPS) is 12.8. The molecule has 33 heavy (non-hydrogen) atoms. The summed E-state index contributed by atoms with van der Waals surface area (Å²) in [6, 6.07) is 11.6. The standard InChI is InChI=1S/C22H21ClN6O3S/c1-29-12-24-28-22(29)33-11-19(30)25-15-4-2-3-13(9-15)20(31)27-16-7-8-17(18(23)10-16)21(32)26-14-5-6-14/h2-4,7-10,12,14H,5-6,11H2,1H3,(H,25,30)(H,26,32)(H,27,31). The highest BCUT2D eigenvalue weighted by molar-refractivity contribution is 7.99. The molecule has 1 aliphatic carbocycles. The quantitative estimate of drug-likeness (QED) is 0.422. The number of aryl methyl sites for hydroxylation is 1. The van der Waals surface area contributed by atoms with Gasteiger partial charge in [0.15, 0.2) is 5.16 Å². The van der Waals surface area contributed by atoms with Gasteiger partial charge in [0.25, 0.3) is 11.8 Å². The van der Waals surface area contributed by atoms with Crippen LogP contribution in [0.3, 0.4) is 0 Å². The third kappa shape index (κ3) is 6.11.